The number of rotatable bonds is 65. The molecule has 0 aromatic carbocycles. The summed E-state index contributed by atoms with van der Waals surface area (Å²) in [6.07, 6.45) is 91.5. The van der Waals surface area contributed by atoms with Gasteiger partial charge in [-0.1, -0.05) is 324 Å². The smallest absolute Gasteiger partial charge is 0.268 e. The summed E-state index contributed by atoms with van der Waals surface area (Å²) in [6.45, 7) is 4.54. The van der Waals surface area contributed by atoms with Crippen LogP contribution in [0.1, 0.15) is 328 Å². The number of carbonyl (C=O) groups is 1. The number of phosphoric ester groups is 1. The Kier molecular flexibility index (Phi) is 62.4. The molecule has 2 N–H and O–H groups in total. The van der Waals surface area contributed by atoms with E-state index in [-0.39, 0.29) is 12.5 Å². The molecular formula is C74H137N2O6P. The summed E-state index contributed by atoms with van der Waals surface area (Å²) in [4.78, 5) is 25.6. The maximum absolute atomic E-state index is 13.0. The zero-order valence-corrected chi connectivity index (χ0v) is 56.3. The van der Waals surface area contributed by atoms with E-state index in [1.54, 1.807) is 6.08 Å². The first-order chi connectivity index (χ1) is 40.5. The van der Waals surface area contributed by atoms with Gasteiger partial charge in [0, 0.05) is 6.42 Å². The fourth-order valence-corrected chi connectivity index (χ4v) is 11.1. The fourth-order valence-electron chi connectivity index (χ4n) is 10.4. The standard InChI is InChI=1S/C74H137N2O6P/c1-6-8-10-12-14-16-18-20-22-24-26-28-30-31-32-33-34-35-36-37-38-39-40-41-42-43-44-45-46-48-50-52-54-56-58-60-62-64-66-68-74(78)75-72(71-82-83(79,80)81-70-69-76(3,4)5)73(77)67-65-63-61-59-57-55-53-51-49-47-29-27-25-23-21-19-17-15-13-11-9-7-2/h8,10,14,16,20,22,26,28,49,51,57,59,65,67,72-73,77H,6-7,9,11-13,15,17-19,21,23-25,27,29-48,50,52-56,58,60-64,66,68-71H2,1-5H3,(H-,75,78,79,80)/b10-8-,16-14-,22-20-,28-26-,51-49+,59-57+,67-65+. The van der Waals surface area contributed by atoms with Crippen LogP contribution in [0, 0.1) is 0 Å². The maximum Gasteiger partial charge on any atom is 0.268 e. The van der Waals surface area contributed by atoms with Crippen LogP contribution in [0.2, 0.25) is 0 Å². The molecule has 83 heavy (non-hydrogen) atoms. The zero-order valence-electron chi connectivity index (χ0n) is 55.4. The van der Waals surface area contributed by atoms with E-state index in [2.05, 4.69) is 92.1 Å². The summed E-state index contributed by atoms with van der Waals surface area (Å²) < 4.78 is 23.4. The van der Waals surface area contributed by atoms with Crippen molar-refractivity contribution in [2.24, 2.45) is 0 Å². The predicted octanol–water partition coefficient (Wildman–Crippen LogP) is 22.1. The monoisotopic (exact) mass is 1180 g/mol. The molecule has 0 rings (SSSR count). The van der Waals surface area contributed by atoms with Gasteiger partial charge in [-0.2, -0.15) is 0 Å². The summed E-state index contributed by atoms with van der Waals surface area (Å²) in [6, 6.07) is -0.912. The highest BCUT2D eigenvalue weighted by atomic mass is 31.2. The Morgan fingerprint density at radius 1 is 0.434 bits per heavy atom. The van der Waals surface area contributed by atoms with Crippen LogP contribution in [0.4, 0.5) is 0 Å². The van der Waals surface area contributed by atoms with E-state index < -0.39 is 26.6 Å². The van der Waals surface area contributed by atoms with Gasteiger partial charge in [0.15, 0.2) is 0 Å². The van der Waals surface area contributed by atoms with Crippen LogP contribution >= 0.6 is 7.82 Å². The van der Waals surface area contributed by atoms with Crippen LogP contribution in [0.5, 0.6) is 0 Å². The average Bonchev–Trinajstić information content (AvgIpc) is 3.50. The van der Waals surface area contributed by atoms with Gasteiger partial charge in [-0.3, -0.25) is 9.36 Å². The number of amides is 1. The molecule has 9 heteroatoms. The maximum atomic E-state index is 13.0. The van der Waals surface area contributed by atoms with Crippen molar-refractivity contribution in [2.75, 3.05) is 40.9 Å². The number of allylic oxidation sites excluding steroid dienone is 13. The van der Waals surface area contributed by atoms with Gasteiger partial charge < -0.3 is 28.8 Å². The van der Waals surface area contributed by atoms with E-state index >= 15 is 0 Å². The molecule has 0 aliphatic heterocycles. The molecule has 0 spiro atoms. The van der Waals surface area contributed by atoms with Crippen LogP contribution in [0.15, 0.2) is 85.1 Å². The molecule has 0 aromatic rings. The molecule has 0 aliphatic carbocycles. The first-order valence-corrected chi connectivity index (χ1v) is 36.9. The zero-order chi connectivity index (χ0) is 60.5. The van der Waals surface area contributed by atoms with Crippen LogP contribution in [0.3, 0.4) is 0 Å². The summed E-state index contributed by atoms with van der Waals surface area (Å²) in [5.41, 5.74) is 0. The second-order valence-electron chi connectivity index (χ2n) is 25.2. The number of nitrogens with one attached hydrogen (secondary N) is 1. The van der Waals surface area contributed by atoms with Gasteiger partial charge in [0.25, 0.3) is 7.82 Å². The summed E-state index contributed by atoms with van der Waals surface area (Å²) in [7, 11) is 1.24. The van der Waals surface area contributed by atoms with Crippen molar-refractivity contribution in [3.8, 4) is 0 Å². The molecule has 0 saturated heterocycles. The molecule has 484 valence electrons. The number of hydrogen-bond acceptors (Lipinski definition) is 6. The van der Waals surface area contributed by atoms with E-state index in [1.807, 2.05) is 27.2 Å². The Balaban J connectivity index is 4.00. The van der Waals surface area contributed by atoms with Crippen molar-refractivity contribution < 1.29 is 32.9 Å². The minimum atomic E-state index is -4.62. The van der Waals surface area contributed by atoms with Gasteiger partial charge >= 0.3 is 0 Å². The molecule has 0 aromatic heterocycles. The molecule has 8 nitrogen and oxygen atoms in total. The highest BCUT2D eigenvalue weighted by Gasteiger charge is 2.23. The Bertz CT molecular complexity index is 1630. The topological polar surface area (TPSA) is 108 Å². The molecule has 0 bridgehead atoms. The lowest BCUT2D eigenvalue weighted by Crippen LogP contribution is -2.45. The molecule has 3 atom stereocenters. The van der Waals surface area contributed by atoms with Crippen molar-refractivity contribution >= 4 is 13.7 Å². The Morgan fingerprint density at radius 3 is 1.12 bits per heavy atom. The molecule has 0 heterocycles. The minimum Gasteiger partial charge on any atom is -0.756 e. The number of aliphatic hydroxyl groups excluding tert-OH is 1. The number of unbranched alkanes of at least 4 members (excludes halogenated alkanes) is 40. The van der Waals surface area contributed by atoms with Gasteiger partial charge in [0.2, 0.25) is 5.91 Å². The second-order valence-corrected chi connectivity index (χ2v) is 26.6. The fraction of sp³-hybridized carbons (Fsp3) is 0.797. The molecule has 0 saturated carbocycles. The van der Waals surface area contributed by atoms with Gasteiger partial charge in [-0.05, 0) is 83.5 Å². The summed E-state index contributed by atoms with van der Waals surface area (Å²) in [5, 5.41) is 13.9. The van der Waals surface area contributed by atoms with Crippen LogP contribution in [-0.4, -0.2) is 68.5 Å². The molecular weight excluding hydrogens is 1040 g/mol. The van der Waals surface area contributed by atoms with Gasteiger partial charge in [0.1, 0.15) is 13.2 Å². The number of likely N-dealkylation sites (N-methyl/N-ethyl adjacent to an activating group) is 1. The minimum absolute atomic E-state index is 0.00943. The van der Waals surface area contributed by atoms with E-state index in [0.717, 1.165) is 70.6 Å². The first kappa shape index (κ1) is 80.7. The molecule has 0 aliphatic rings. The number of nitrogens with zero attached hydrogens (tertiary/aromatic N) is 1. The van der Waals surface area contributed by atoms with E-state index in [1.165, 1.54) is 238 Å². The summed E-state index contributed by atoms with van der Waals surface area (Å²) in [5.74, 6) is -0.207. The number of carbonyl (C=O) groups excluding carboxylic acids is 1. The second kappa shape index (κ2) is 64.2. The summed E-state index contributed by atoms with van der Waals surface area (Å²) >= 11 is 0. The third-order valence-electron chi connectivity index (χ3n) is 15.8. The lowest BCUT2D eigenvalue weighted by Gasteiger charge is -2.29. The lowest BCUT2D eigenvalue weighted by atomic mass is 10.0. The molecule has 3 unspecified atom stereocenters. The average molecular weight is 1180 g/mol. The highest BCUT2D eigenvalue weighted by Crippen LogP contribution is 2.38. The largest absolute Gasteiger partial charge is 0.756 e. The van der Waals surface area contributed by atoms with E-state index in [4.69, 9.17) is 9.05 Å². The molecule has 1 amide bonds. The van der Waals surface area contributed by atoms with Gasteiger partial charge in [-0.25, -0.2) is 0 Å². The quantitative estimate of drug-likeness (QED) is 0.0272. The van der Waals surface area contributed by atoms with E-state index in [0.29, 0.717) is 17.4 Å². The Hall–Kier alpha value is -2.32. The number of aliphatic hydroxyl groups is 1. The Labute approximate surface area is 516 Å². The third-order valence-corrected chi connectivity index (χ3v) is 16.8. The van der Waals surface area contributed by atoms with Crippen molar-refractivity contribution in [3.05, 3.63) is 85.1 Å². The number of hydrogen-bond donors (Lipinski definition) is 2. The van der Waals surface area contributed by atoms with Crippen molar-refractivity contribution in [2.45, 2.75) is 341 Å². The van der Waals surface area contributed by atoms with Crippen LogP contribution < -0.4 is 10.2 Å². The van der Waals surface area contributed by atoms with Crippen molar-refractivity contribution in [3.63, 3.8) is 0 Å². The highest BCUT2D eigenvalue weighted by molar-refractivity contribution is 7.45. The van der Waals surface area contributed by atoms with Crippen LogP contribution in [0.25, 0.3) is 0 Å². The lowest BCUT2D eigenvalue weighted by molar-refractivity contribution is -0.870. The van der Waals surface area contributed by atoms with E-state index in [9.17, 15) is 19.4 Å². The van der Waals surface area contributed by atoms with Crippen LogP contribution in [-0.2, 0) is 18.4 Å². The third kappa shape index (κ3) is 67.1. The Morgan fingerprint density at radius 2 is 0.747 bits per heavy atom. The van der Waals surface area contributed by atoms with Gasteiger partial charge in [0.05, 0.1) is 39.9 Å². The van der Waals surface area contributed by atoms with Crippen molar-refractivity contribution in [1.29, 1.82) is 0 Å². The van der Waals surface area contributed by atoms with Gasteiger partial charge in [-0.15, -0.1) is 0 Å². The molecule has 0 fully saturated rings. The predicted molar refractivity (Wildman–Crippen MR) is 362 cm³/mol. The van der Waals surface area contributed by atoms with Crippen molar-refractivity contribution in [1.82, 2.24) is 5.32 Å². The number of quaternary nitrogens is 1. The SMILES string of the molecule is CC/C=C\C/C=C\C/C=C\C/C=C\CCCCCCCCCCCCCCCCCCCCCCCCCCCCC(=O)NC(COP(=O)([O-])OCC[N+](C)(C)C)C(O)/C=C/CC/C=C/CC/C=C/CCCCCCCCCCCCCC. The normalized spacial score (nSPS) is 14.2. The number of phosphoric acid groups is 1. The molecule has 0 radical (unpaired) electrons. The first-order valence-electron chi connectivity index (χ1n) is 35.4.